The first kappa shape index (κ1) is 20.3. The second kappa shape index (κ2) is 10.2. The molecule has 2 N–H and O–H groups in total. The predicted molar refractivity (Wildman–Crippen MR) is 124 cm³/mol. The van der Waals surface area contributed by atoms with Gasteiger partial charge in [-0.05, 0) is 29.8 Å². The molecule has 5 heteroatoms. The first-order valence-corrected chi connectivity index (χ1v) is 10.3. The number of nitrogens with one attached hydrogen (secondary N) is 2. The maximum atomic E-state index is 12.9. The lowest BCUT2D eigenvalue weighted by atomic mass is 10.1. The topological polar surface area (TPSA) is 66.9 Å². The highest BCUT2D eigenvalue weighted by molar-refractivity contribution is 5.99. The number of anilines is 1. The summed E-state index contributed by atoms with van der Waals surface area (Å²) in [6, 6.07) is 29.4. The molecule has 0 unspecified atom stereocenters. The van der Waals surface area contributed by atoms with Crippen molar-refractivity contribution in [3.05, 3.63) is 114 Å². The van der Waals surface area contributed by atoms with Crippen molar-refractivity contribution in [3.8, 4) is 11.3 Å². The SMILES string of the molecule is O=C(NCc1ccccc1)c1ccc(-c2ccccc2)nc1NCCc1ccccn1. The molecule has 0 spiro atoms. The van der Waals surface area contributed by atoms with E-state index in [4.69, 9.17) is 4.98 Å². The summed E-state index contributed by atoms with van der Waals surface area (Å²) in [5.74, 6) is 0.416. The quantitative estimate of drug-likeness (QED) is 0.442. The Hall–Kier alpha value is -3.99. The van der Waals surface area contributed by atoms with Crippen LogP contribution in [0.3, 0.4) is 0 Å². The maximum Gasteiger partial charge on any atom is 0.255 e. The number of aromatic nitrogens is 2. The van der Waals surface area contributed by atoms with Crippen molar-refractivity contribution >= 4 is 11.7 Å². The van der Waals surface area contributed by atoms with Gasteiger partial charge in [-0.3, -0.25) is 9.78 Å². The molecule has 31 heavy (non-hydrogen) atoms. The third-order valence-corrected chi connectivity index (χ3v) is 4.91. The van der Waals surface area contributed by atoms with E-state index >= 15 is 0 Å². The number of hydrogen-bond acceptors (Lipinski definition) is 4. The Balaban J connectivity index is 1.53. The third kappa shape index (κ3) is 5.54. The van der Waals surface area contributed by atoms with E-state index in [0.717, 1.165) is 28.9 Å². The van der Waals surface area contributed by atoms with Gasteiger partial charge in [-0.15, -0.1) is 0 Å². The molecule has 0 bridgehead atoms. The number of benzene rings is 2. The first-order valence-electron chi connectivity index (χ1n) is 10.3. The van der Waals surface area contributed by atoms with E-state index in [1.54, 1.807) is 6.20 Å². The van der Waals surface area contributed by atoms with Crippen molar-refractivity contribution < 1.29 is 4.79 Å². The van der Waals surface area contributed by atoms with Crippen LogP contribution in [-0.2, 0) is 13.0 Å². The van der Waals surface area contributed by atoms with Crippen molar-refractivity contribution in [2.24, 2.45) is 0 Å². The van der Waals surface area contributed by atoms with Crippen molar-refractivity contribution in [3.63, 3.8) is 0 Å². The maximum absolute atomic E-state index is 12.9. The summed E-state index contributed by atoms with van der Waals surface area (Å²) in [6.07, 6.45) is 2.52. The molecule has 2 aromatic heterocycles. The summed E-state index contributed by atoms with van der Waals surface area (Å²) in [4.78, 5) is 22.0. The van der Waals surface area contributed by atoms with Crippen LogP contribution in [0.2, 0.25) is 0 Å². The lowest BCUT2D eigenvalue weighted by Crippen LogP contribution is -2.24. The Morgan fingerprint density at radius 1 is 0.806 bits per heavy atom. The lowest BCUT2D eigenvalue weighted by Gasteiger charge is -2.13. The fraction of sp³-hybridized carbons (Fsp3) is 0.115. The highest BCUT2D eigenvalue weighted by atomic mass is 16.1. The van der Waals surface area contributed by atoms with E-state index in [1.165, 1.54) is 0 Å². The molecule has 4 rings (SSSR count). The third-order valence-electron chi connectivity index (χ3n) is 4.91. The molecule has 0 fully saturated rings. The fourth-order valence-corrected chi connectivity index (χ4v) is 3.28. The van der Waals surface area contributed by atoms with E-state index < -0.39 is 0 Å². The van der Waals surface area contributed by atoms with Crippen LogP contribution < -0.4 is 10.6 Å². The number of hydrogen-bond donors (Lipinski definition) is 2. The number of amides is 1. The van der Waals surface area contributed by atoms with Crippen LogP contribution in [0.4, 0.5) is 5.82 Å². The van der Waals surface area contributed by atoms with Crippen molar-refractivity contribution in [2.75, 3.05) is 11.9 Å². The summed E-state index contributed by atoms with van der Waals surface area (Å²) in [5.41, 5.74) is 4.39. The van der Waals surface area contributed by atoms with Crippen LogP contribution in [0, 0.1) is 0 Å². The van der Waals surface area contributed by atoms with Gasteiger partial charge in [-0.2, -0.15) is 0 Å². The van der Waals surface area contributed by atoms with Crippen LogP contribution in [0.5, 0.6) is 0 Å². The Labute approximate surface area is 182 Å². The Morgan fingerprint density at radius 3 is 2.29 bits per heavy atom. The van der Waals surface area contributed by atoms with Crippen molar-refractivity contribution in [2.45, 2.75) is 13.0 Å². The molecule has 5 nitrogen and oxygen atoms in total. The van der Waals surface area contributed by atoms with E-state index in [1.807, 2.05) is 91.0 Å². The van der Waals surface area contributed by atoms with E-state index in [0.29, 0.717) is 24.5 Å². The molecule has 0 aliphatic heterocycles. The first-order chi connectivity index (χ1) is 15.3. The average molecular weight is 409 g/mol. The fourth-order valence-electron chi connectivity index (χ4n) is 3.28. The number of carbonyl (C=O) groups is 1. The Kier molecular flexibility index (Phi) is 6.65. The minimum absolute atomic E-state index is 0.156. The molecule has 1 amide bonds. The average Bonchev–Trinajstić information content (AvgIpc) is 2.84. The van der Waals surface area contributed by atoms with Crippen LogP contribution in [-0.4, -0.2) is 22.4 Å². The van der Waals surface area contributed by atoms with Gasteiger partial charge in [-0.1, -0.05) is 66.7 Å². The van der Waals surface area contributed by atoms with Crippen molar-refractivity contribution in [1.29, 1.82) is 0 Å². The largest absolute Gasteiger partial charge is 0.369 e. The summed E-state index contributed by atoms with van der Waals surface area (Å²) < 4.78 is 0. The van der Waals surface area contributed by atoms with Gasteiger partial charge in [0.25, 0.3) is 5.91 Å². The number of pyridine rings is 2. The molecule has 0 saturated heterocycles. The zero-order valence-electron chi connectivity index (χ0n) is 17.2. The Bertz CT molecular complexity index is 1120. The Morgan fingerprint density at radius 2 is 1.55 bits per heavy atom. The minimum Gasteiger partial charge on any atom is -0.369 e. The molecule has 0 saturated carbocycles. The summed E-state index contributed by atoms with van der Waals surface area (Å²) in [5, 5.41) is 6.33. The van der Waals surface area contributed by atoms with Crippen molar-refractivity contribution in [1.82, 2.24) is 15.3 Å². The minimum atomic E-state index is -0.156. The predicted octanol–water partition coefficient (Wildman–Crippen LogP) is 4.73. The van der Waals surface area contributed by atoms with E-state index in [9.17, 15) is 4.79 Å². The molecule has 0 atom stereocenters. The van der Waals surface area contributed by atoms with Gasteiger partial charge >= 0.3 is 0 Å². The summed E-state index contributed by atoms with van der Waals surface area (Å²) in [7, 11) is 0. The van der Waals surface area contributed by atoms with E-state index in [2.05, 4.69) is 15.6 Å². The van der Waals surface area contributed by atoms with Gasteiger partial charge in [0.05, 0.1) is 11.3 Å². The number of rotatable bonds is 8. The molecular weight excluding hydrogens is 384 g/mol. The van der Waals surface area contributed by atoms with Crippen LogP contribution in [0.1, 0.15) is 21.6 Å². The molecule has 154 valence electrons. The molecule has 0 aliphatic rings. The second-order valence-corrected chi connectivity index (χ2v) is 7.12. The van der Waals surface area contributed by atoms with Gasteiger partial charge in [-0.25, -0.2) is 4.98 Å². The lowest BCUT2D eigenvalue weighted by molar-refractivity contribution is 0.0951. The van der Waals surface area contributed by atoms with Crippen LogP contribution in [0.15, 0.2) is 97.2 Å². The molecule has 4 aromatic rings. The standard InChI is InChI=1S/C26H24N4O/c31-26(29-19-20-9-3-1-4-10-20)23-14-15-24(21-11-5-2-6-12-21)30-25(23)28-18-16-22-13-7-8-17-27-22/h1-15,17H,16,18-19H2,(H,28,30)(H,29,31). The van der Waals surface area contributed by atoms with Gasteiger partial charge in [0.2, 0.25) is 0 Å². The molecule has 2 heterocycles. The van der Waals surface area contributed by atoms with Gasteiger partial charge in [0, 0.05) is 37.0 Å². The van der Waals surface area contributed by atoms with Gasteiger partial charge in [0.15, 0.2) is 0 Å². The van der Waals surface area contributed by atoms with Crippen LogP contribution in [0.25, 0.3) is 11.3 Å². The molecular formula is C26H24N4O. The molecule has 0 aliphatic carbocycles. The zero-order valence-corrected chi connectivity index (χ0v) is 17.2. The van der Waals surface area contributed by atoms with E-state index in [-0.39, 0.29) is 5.91 Å². The number of carbonyl (C=O) groups excluding carboxylic acids is 1. The van der Waals surface area contributed by atoms with Gasteiger partial charge in [0.1, 0.15) is 5.82 Å². The second-order valence-electron chi connectivity index (χ2n) is 7.12. The number of nitrogens with zero attached hydrogens (tertiary/aromatic N) is 2. The smallest absolute Gasteiger partial charge is 0.255 e. The van der Waals surface area contributed by atoms with Crippen LogP contribution >= 0.6 is 0 Å². The summed E-state index contributed by atoms with van der Waals surface area (Å²) in [6.45, 7) is 1.09. The highest BCUT2D eigenvalue weighted by Gasteiger charge is 2.14. The molecule has 0 radical (unpaired) electrons. The normalized spacial score (nSPS) is 10.5. The van der Waals surface area contributed by atoms with Gasteiger partial charge < -0.3 is 10.6 Å². The molecule has 2 aromatic carbocycles. The monoisotopic (exact) mass is 408 g/mol. The summed E-state index contributed by atoms with van der Waals surface area (Å²) >= 11 is 0. The zero-order chi connectivity index (χ0) is 21.3. The highest BCUT2D eigenvalue weighted by Crippen LogP contribution is 2.22.